The van der Waals surface area contributed by atoms with Gasteiger partial charge in [0, 0.05) is 0 Å². The molecule has 108 valence electrons. The molecule has 0 heterocycles. The maximum absolute atomic E-state index is 9.07. The maximum atomic E-state index is 9.07. The minimum absolute atomic E-state index is 0.347. The third-order valence-corrected chi connectivity index (χ3v) is 3.85. The van der Waals surface area contributed by atoms with Crippen molar-refractivity contribution in [2.24, 2.45) is 0 Å². The molecule has 0 saturated carbocycles. The van der Waals surface area contributed by atoms with Crippen LogP contribution in [-0.4, -0.2) is 66.1 Å². The van der Waals surface area contributed by atoms with E-state index >= 15 is 0 Å². The number of phenolic OH excluding ortho intramolecular Hbond substituents is 2. The van der Waals surface area contributed by atoms with Gasteiger partial charge in [0.15, 0.2) is 0 Å². The normalized spacial score (nSPS) is 10.8. The second-order valence-electron chi connectivity index (χ2n) is 6.82. The van der Waals surface area contributed by atoms with Crippen LogP contribution >= 0.6 is 0 Å². The summed E-state index contributed by atoms with van der Waals surface area (Å²) in [7, 11) is 0. The summed E-state index contributed by atoms with van der Waals surface area (Å²) in [6.45, 7) is 4.48. The first-order valence-corrected chi connectivity index (χ1v) is 9.86. The summed E-state index contributed by atoms with van der Waals surface area (Å²) in [5.74, 6) is 0.710. The Labute approximate surface area is 168 Å². The average molecular weight is 316 g/mol. The number of aromatic hydroxyl groups is 2. The van der Waals surface area contributed by atoms with Crippen molar-refractivity contribution in [1.82, 2.24) is 0 Å². The van der Waals surface area contributed by atoms with Crippen LogP contribution in [0.5, 0.6) is 11.5 Å². The van der Waals surface area contributed by atoms with Crippen LogP contribution in [0.15, 0.2) is 48.5 Å². The second kappa shape index (κ2) is 10.0. The number of benzene rings is 2. The Balaban J connectivity index is 0.000000224. The zero-order chi connectivity index (χ0) is 16.6. The molecule has 0 unspecified atom stereocenters. The fraction of sp³-hybridized carbons (Fsp3) is 0.333. The van der Waals surface area contributed by atoms with E-state index in [4.69, 9.17) is 10.2 Å². The number of phenols is 2. The van der Waals surface area contributed by atoms with Crippen molar-refractivity contribution in [3.05, 3.63) is 59.7 Å². The number of hydrogen-bond donors (Lipinski definition) is 2. The van der Waals surface area contributed by atoms with E-state index in [0.29, 0.717) is 11.4 Å². The van der Waals surface area contributed by atoms with E-state index in [-0.39, 0.29) is 0 Å². The molecule has 22 heavy (non-hydrogen) atoms. The zero-order valence-electron chi connectivity index (χ0n) is 14.1. The van der Waals surface area contributed by atoms with Crippen molar-refractivity contribution in [2.45, 2.75) is 33.0 Å². The topological polar surface area (TPSA) is 40.5 Å². The van der Waals surface area contributed by atoms with Gasteiger partial charge >= 0.3 is 110 Å². The Morgan fingerprint density at radius 3 is 1.59 bits per heavy atom. The fourth-order valence-electron chi connectivity index (χ4n) is 2.18. The molecule has 0 aliphatic carbocycles. The molecule has 0 aliphatic rings. The summed E-state index contributed by atoms with van der Waals surface area (Å²) >= 11 is 2.52. The molecule has 0 saturated heterocycles. The van der Waals surface area contributed by atoms with Gasteiger partial charge in [-0.15, -0.1) is 0 Å². The Hall–Kier alpha value is 0.0400. The van der Waals surface area contributed by atoms with Gasteiger partial charge in [0.05, 0.1) is 0 Å². The molecule has 0 atom stereocenters. The summed E-state index contributed by atoms with van der Waals surface area (Å²) in [6.07, 6.45) is 3.43. The van der Waals surface area contributed by atoms with Gasteiger partial charge in [-0.05, 0) is 24.1 Å². The van der Waals surface area contributed by atoms with Crippen molar-refractivity contribution in [3.8, 4) is 11.5 Å². The van der Waals surface area contributed by atoms with Crippen LogP contribution in [0.4, 0.5) is 0 Å². The van der Waals surface area contributed by atoms with Crippen LogP contribution in [0, 0.1) is 0 Å². The molecule has 0 amide bonds. The van der Waals surface area contributed by atoms with Gasteiger partial charge in [0.2, 0.25) is 0 Å². The van der Waals surface area contributed by atoms with Crippen molar-refractivity contribution < 1.29 is 10.2 Å². The van der Waals surface area contributed by atoms with Gasteiger partial charge in [-0.3, -0.25) is 0 Å². The molecule has 0 spiro atoms. The molecule has 0 aliphatic heterocycles. The Morgan fingerprint density at radius 1 is 0.818 bits per heavy atom. The molecule has 2 aromatic carbocycles. The van der Waals surface area contributed by atoms with Crippen molar-refractivity contribution in [1.29, 1.82) is 0 Å². The minimum atomic E-state index is 0.347. The van der Waals surface area contributed by atoms with Crippen LogP contribution < -0.4 is 0 Å². The SMILES string of the molecule is CCCc1ccc(O)cc1.C[C]([Na])([Na])Cc1ccc(O)cc1. The summed E-state index contributed by atoms with van der Waals surface area (Å²) in [6, 6.07) is 14.9. The van der Waals surface area contributed by atoms with Gasteiger partial charge in [-0.25, -0.2) is 0 Å². The van der Waals surface area contributed by atoms with Gasteiger partial charge in [-0.2, -0.15) is 0 Å². The number of rotatable bonds is 4. The van der Waals surface area contributed by atoms with Gasteiger partial charge in [0.1, 0.15) is 5.75 Å². The van der Waals surface area contributed by atoms with Crippen LogP contribution in [0.1, 0.15) is 31.4 Å². The molecule has 0 aromatic heterocycles. The molecule has 2 aromatic rings. The first kappa shape index (κ1) is 20.1. The third-order valence-electron chi connectivity index (χ3n) is 3.15. The van der Waals surface area contributed by atoms with Crippen LogP contribution in [0.25, 0.3) is 0 Å². The molecule has 2 N–H and O–H groups in total. The zero-order valence-corrected chi connectivity index (χ0v) is 18.1. The predicted molar refractivity (Wildman–Crippen MR) is 93.8 cm³/mol. The molecule has 0 radical (unpaired) electrons. The van der Waals surface area contributed by atoms with E-state index in [1.807, 2.05) is 24.3 Å². The van der Waals surface area contributed by atoms with Gasteiger partial charge in [-0.1, -0.05) is 25.5 Å². The van der Waals surface area contributed by atoms with E-state index in [9.17, 15) is 0 Å². The first-order chi connectivity index (χ1) is 10.3. The van der Waals surface area contributed by atoms with Crippen LogP contribution in [0.3, 0.4) is 0 Å². The first-order valence-electron chi connectivity index (χ1n) is 7.86. The van der Waals surface area contributed by atoms with Crippen molar-refractivity contribution >= 4 is 55.9 Å². The summed E-state index contributed by atoms with van der Waals surface area (Å²) in [5, 5.41) is 18.0. The molecule has 0 bridgehead atoms. The van der Waals surface area contributed by atoms with E-state index in [1.54, 1.807) is 24.3 Å². The van der Waals surface area contributed by atoms with Gasteiger partial charge < -0.3 is 5.11 Å². The molecule has 0 fully saturated rings. The predicted octanol–water partition coefficient (Wildman–Crippen LogP) is 3.75. The van der Waals surface area contributed by atoms with E-state index < -0.39 is 0 Å². The van der Waals surface area contributed by atoms with Gasteiger partial charge in [0.25, 0.3) is 0 Å². The van der Waals surface area contributed by atoms with E-state index in [1.165, 1.54) is 73.4 Å². The Bertz CT molecular complexity index is 543. The van der Waals surface area contributed by atoms with Crippen LogP contribution in [-0.2, 0) is 12.8 Å². The Kier molecular flexibility index (Phi) is 9.15. The molecule has 4 heteroatoms. The van der Waals surface area contributed by atoms with Crippen molar-refractivity contribution in [2.75, 3.05) is 0 Å². The van der Waals surface area contributed by atoms with E-state index in [2.05, 4.69) is 13.8 Å². The van der Waals surface area contributed by atoms with Crippen LogP contribution in [0.2, 0.25) is -0.0860 Å². The Morgan fingerprint density at radius 2 is 1.23 bits per heavy atom. The quantitative estimate of drug-likeness (QED) is 0.843. The van der Waals surface area contributed by atoms with Crippen molar-refractivity contribution in [3.63, 3.8) is 0 Å². The number of hydrogen-bond acceptors (Lipinski definition) is 2. The summed E-state index contributed by atoms with van der Waals surface area (Å²) < 4.78 is 0.594. The molecule has 2 rings (SSSR count). The monoisotopic (exact) mass is 316 g/mol. The molecular weight excluding hydrogens is 294 g/mol. The summed E-state index contributed by atoms with van der Waals surface area (Å²) in [4.78, 5) is 0. The molecule has 2 nitrogen and oxygen atoms in total. The standard InChI is InChI=1S/C9H12O.C9H10O.2Na/c2*1-2-3-8-4-6-9(10)7-5-8;;/h4-7,10H,2-3H2,1H3;4-7,10H,3H2,1H3;;. The molecular formula is C18H22Na2O2. The average Bonchev–Trinajstić information content (AvgIpc) is 2.44. The summed E-state index contributed by atoms with van der Waals surface area (Å²) in [5.41, 5.74) is 2.64. The number of aryl methyl sites for hydroxylation is 1. The fourth-order valence-corrected chi connectivity index (χ4v) is 2.99. The van der Waals surface area contributed by atoms with E-state index in [0.717, 1.165) is 12.8 Å². The second-order valence-corrected chi connectivity index (χ2v) is 14.2. The third kappa shape index (κ3) is 9.24.